The standard InChI is InChI=1S/C13H22N2O/c1-4-5-6-9-15(3)12-7-8-13(11(2)16)14-10-12/h7-8,10-11,16H,4-6,9H2,1-3H3. The maximum Gasteiger partial charge on any atom is 0.0931 e. The van der Waals surface area contributed by atoms with Crippen molar-refractivity contribution < 1.29 is 5.11 Å². The van der Waals surface area contributed by atoms with Crippen LogP contribution in [0.15, 0.2) is 18.3 Å². The Balaban J connectivity index is 2.52. The SMILES string of the molecule is CCCCCN(C)c1ccc(C(C)O)nc1. The van der Waals surface area contributed by atoms with Gasteiger partial charge in [0, 0.05) is 13.6 Å². The fraction of sp³-hybridized carbons (Fsp3) is 0.615. The Bertz CT molecular complexity index is 295. The van der Waals surface area contributed by atoms with Crippen LogP contribution in [-0.4, -0.2) is 23.7 Å². The van der Waals surface area contributed by atoms with Crippen LogP contribution in [0.2, 0.25) is 0 Å². The van der Waals surface area contributed by atoms with Crippen LogP contribution >= 0.6 is 0 Å². The molecule has 3 heteroatoms. The van der Waals surface area contributed by atoms with Gasteiger partial charge in [-0.25, -0.2) is 0 Å². The van der Waals surface area contributed by atoms with Crippen LogP contribution in [0, 0.1) is 0 Å². The lowest BCUT2D eigenvalue weighted by Crippen LogP contribution is -2.18. The van der Waals surface area contributed by atoms with Crippen LogP contribution in [0.5, 0.6) is 0 Å². The highest BCUT2D eigenvalue weighted by Gasteiger charge is 2.04. The molecule has 0 amide bonds. The van der Waals surface area contributed by atoms with Gasteiger partial charge in [-0.2, -0.15) is 0 Å². The molecule has 90 valence electrons. The predicted octanol–water partition coefficient (Wildman–Crippen LogP) is 2.76. The number of rotatable bonds is 6. The second-order valence-electron chi connectivity index (χ2n) is 4.25. The third-order valence-electron chi connectivity index (χ3n) is 2.74. The van der Waals surface area contributed by atoms with Gasteiger partial charge in [0.1, 0.15) is 0 Å². The molecule has 1 rings (SSSR count). The third-order valence-corrected chi connectivity index (χ3v) is 2.74. The fourth-order valence-electron chi connectivity index (χ4n) is 1.60. The summed E-state index contributed by atoms with van der Waals surface area (Å²) < 4.78 is 0. The van der Waals surface area contributed by atoms with Gasteiger partial charge in [-0.3, -0.25) is 4.98 Å². The van der Waals surface area contributed by atoms with E-state index in [1.165, 1.54) is 19.3 Å². The monoisotopic (exact) mass is 222 g/mol. The second-order valence-corrected chi connectivity index (χ2v) is 4.25. The molecule has 0 aliphatic carbocycles. The van der Waals surface area contributed by atoms with E-state index in [0.29, 0.717) is 0 Å². The average Bonchev–Trinajstić information content (AvgIpc) is 2.29. The van der Waals surface area contributed by atoms with Gasteiger partial charge in [-0.05, 0) is 25.5 Å². The van der Waals surface area contributed by atoms with E-state index < -0.39 is 6.10 Å². The number of hydrogen-bond acceptors (Lipinski definition) is 3. The van der Waals surface area contributed by atoms with Crippen molar-refractivity contribution >= 4 is 5.69 Å². The minimum Gasteiger partial charge on any atom is -0.387 e. The molecule has 0 saturated carbocycles. The molecule has 0 bridgehead atoms. The topological polar surface area (TPSA) is 36.4 Å². The first-order chi connectivity index (χ1) is 7.65. The number of anilines is 1. The van der Waals surface area contributed by atoms with Gasteiger partial charge in [0.15, 0.2) is 0 Å². The second kappa shape index (κ2) is 6.48. The number of aromatic nitrogens is 1. The smallest absolute Gasteiger partial charge is 0.0931 e. The lowest BCUT2D eigenvalue weighted by Gasteiger charge is -2.19. The van der Waals surface area contributed by atoms with Gasteiger partial charge < -0.3 is 10.0 Å². The van der Waals surface area contributed by atoms with Crippen LogP contribution in [-0.2, 0) is 0 Å². The van der Waals surface area contributed by atoms with Crippen molar-refractivity contribution in [1.29, 1.82) is 0 Å². The number of unbranched alkanes of at least 4 members (excludes halogenated alkanes) is 2. The van der Waals surface area contributed by atoms with Crippen molar-refractivity contribution in [3.05, 3.63) is 24.0 Å². The molecule has 0 aliphatic rings. The number of hydrogen-bond donors (Lipinski definition) is 1. The summed E-state index contributed by atoms with van der Waals surface area (Å²) in [5.41, 5.74) is 1.84. The summed E-state index contributed by atoms with van der Waals surface area (Å²) in [6, 6.07) is 3.90. The van der Waals surface area contributed by atoms with E-state index in [9.17, 15) is 5.11 Å². The van der Waals surface area contributed by atoms with Crippen molar-refractivity contribution in [3.8, 4) is 0 Å². The van der Waals surface area contributed by atoms with Gasteiger partial charge in [0.25, 0.3) is 0 Å². The molecular formula is C13H22N2O. The zero-order valence-electron chi connectivity index (χ0n) is 10.5. The Hall–Kier alpha value is -1.09. The van der Waals surface area contributed by atoms with E-state index in [1.54, 1.807) is 6.92 Å². The molecule has 3 nitrogen and oxygen atoms in total. The first-order valence-corrected chi connectivity index (χ1v) is 6.00. The summed E-state index contributed by atoms with van der Waals surface area (Å²) in [4.78, 5) is 6.44. The van der Waals surface area contributed by atoms with Gasteiger partial charge in [0.2, 0.25) is 0 Å². The Morgan fingerprint density at radius 1 is 1.38 bits per heavy atom. The molecule has 1 unspecified atom stereocenters. The zero-order chi connectivity index (χ0) is 12.0. The van der Waals surface area contributed by atoms with Crippen molar-refractivity contribution in [1.82, 2.24) is 4.98 Å². The summed E-state index contributed by atoms with van der Waals surface area (Å²) >= 11 is 0. The van der Waals surface area contributed by atoms with E-state index in [4.69, 9.17) is 0 Å². The molecule has 0 radical (unpaired) electrons. The van der Waals surface area contributed by atoms with E-state index in [1.807, 2.05) is 18.3 Å². The Kier molecular flexibility index (Phi) is 5.26. The third kappa shape index (κ3) is 3.81. The molecular weight excluding hydrogens is 200 g/mol. The molecule has 0 saturated heterocycles. The lowest BCUT2D eigenvalue weighted by atomic mass is 10.2. The Morgan fingerprint density at radius 2 is 2.12 bits per heavy atom. The zero-order valence-corrected chi connectivity index (χ0v) is 10.5. The van der Waals surface area contributed by atoms with E-state index >= 15 is 0 Å². The first kappa shape index (κ1) is 13.0. The van der Waals surface area contributed by atoms with Crippen molar-refractivity contribution in [2.24, 2.45) is 0 Å². The maximum absolute atomic E-state index is 9.35. The summed E-state index contributed by atoms with van der Waals surface area (Å²) in [6.45, 7) is 5.00. The van der Waals surface area contributed by atoms with E-state index in [2.05, 4.69) is 23.9 Å². The van der Waals surface area contributed by atoms with Gasteiger partial charge in [0.05, 0.1) is 23.7 Å². The average molecular weight is 222 g/mol. The Labute approximate surface area is 98.1 Å². The summed E-state index contributed by atoms with van der Waals surface area (Å²) in [5, 5.41) is 9.35. The van der Waals surface area contributed by atoms with Crippen LogP contribution < -0.4 is 4.90 Å². The number of pyridine rings is 1. The molecule has 1 aromatic rings. The quantitative estimate of drug-likeness (QED) is 0.752. The molecule has 16 heavy (non-hydrogen) atoms. The van der Waals surface area contributed by atoms with Crippen molar-refractivity contribution in [2.75, 3.05) is 18.5 Å². The molecule has 0 aliphatic heterocycles. The van der Waals surface area contributed by atoms with Crippen LogP contribution in [0.3, 0.4) is 0 Å². The largest absolute Gasteiger partial charge is 0.387 e. The molecule has 0 spiro atoms. The van der Waals surface area contributed by atoms with Crippen molar-refractivity contribution in [3.63, 3.8) is 0 Å². The highest BCUT2D eigenvalue weighted by molar-refractivity contribution is 5.43. The molecule has 1 atom stereocenters. The van der Waals surface area contributed by atoms with E-state index in [-0.39, 0.29) is 0 Å². The van der Waals surface area contributed by atoms with E-state index in [0.717, 1.165) is 17.9 Å². The predicted molar refractivity (Wildman–Crippen MR) is 67.7 cm³/mol. The lowest BCUT2D eigenvalue weighted by molar-refractivity contribution is 0.194. The summed E-state index contributed by atoms with van der Waals surface area (Å²) in [6.07, 6.45) is 5.06. The fourth-order valence-corrected chi connectivity index (χ4v) is 1.60. The van der Waals surface area contributed by atoms with Crippen LogP contribution in [0.4, 0.5) is 5.69 Å². The van der Waals surface area contributed by atoms with Crippen molar-refractivity contribution in [2.45, 2.75) is 39.2 Å². The minimum absolute atomic E-state index is 0.487. The maximum atomic E-state index is 9.35. The Morgan fingerprint density at radius 3 is 2.62 bits per heavy atom. The highest BCUT2D eigenvalue weighted by Crippen LogP contribution is 2.15. The van der Waals surface area contributed by atoms with Gasteiger partial charge in [-0.1, -0.05) is 19.8 Å². The molecule has 1 N–H and O–H groups in total. The number of nitrogens with zero attached hydrogens (tertiary/aromatic N) is 2. The van der Waals surface area contributed by atoms with Gasteiger partial charge in [-0.15, -0.1) is 0 Å². The normalized spacial score (nSPS) is 12.5. The molecule has 1 heterocycles. The highest BCUT2D eigenvalue weighted by atomic mass is 16.3. The van der Waals surface area contributed by atoms with Gasteiger partial charge >= 0.3 is 0 Å². The minimum atomic E-state index is -0.487. The summed E-state index contributed by atoms with van der Waals surface area (Å²) in [7, 11) is 2.08. The van der Waals surface area contributed by atoms with Crippen LogP contribution in [0.1, 0.15) is 44.9 Å². The number of aliphatic hydroxyl groups is 1. The molecule has 0 aromatic carbocycles. The molecule has 1 aromatic heterocycles. The summed E-state index contributed by atoms with van der Waals surface area (Å²) in [5.74, 6) is 0. The first-order valence-electron chi connectivity index (χ1n) is 6.00. The number of aliphatic hydroxyl groups excluding tert-OH is 1. The van der Waals surface area contributed by atoms with Crippen LogP contribution in [0.25, 0.3) is 0 Å². The molecule has 0 fully saturated rings.